The quantitative estimate of drug-likeness (QED) is 0.599. The lowest BCUT2D eigenvalue weighted by Gasteiger charge is -2.14. The first-order valence-electron chi connectivity index (χ1n) is 7.39. The van der Waals surface area contributed by atoms with Crippen LogP contribution in [-0.4, -0.2) is 11.7 Å². The van der Waals surface area contributed by atoms with Crippen LogP contribution in [0, 0.1) is 0 Å². The summed E-state index contributed by atoms with van der Waals surface area (Å²) in [6.45, 7) is 0.430. The fourth-order valence-corrected chi connectivity index (χ4v) is 3.17. The maximum absolute atomic E-state index is 10.3. The first kappa shape index (κ1) is 16.3. The van der Waals surface area contributed by atoms with E-state index in [1.807, 2.05) is 60.7 Å². The molecular weight excluding hydrogens is 376 g/mol. The monoisotopic (exact) mass is 390 g/mol. The summed E-state index contributed by atoms with van der Waals surface area (Å²) in [5, 5.41) is 12.9. The van der Waals surface area contributed by atoms with E-state index in [-0.39, 0.29) is 0 Å². The molecule has 0 aliphatic rings. The predicted molar refractivity (Wildman–Crippen MR) is 98.2 cm³/mol. The van der Waals surface area contributed by atoms with Gasteiger partial charge in [-0.05, 0) is 29.8 Å². The Hall–Kier alpha value is -1.55. The van der Waals surface area contributed by atoms with Gasteiger partial charge in [0, 0.05) is 26.7 Å². The third kappa shape index (κ3) is 3.86. The van der Waals surface area contributed by atoms with E-state index in [1.165, 1.54) is 0 Å². The second kappa shape index (κ2) is 7.35. The Bertz CT molecular complexity index is 819. The molecule has 3 aromatic carbocycles. The molecule has 1 unspecified atom stereocenters. The summed E-state index contributed by atoms with van der Waals surface area (Å²) in [4.78, 5) is 0. The van der Waals surface area contributed by atoms with Crippen LogP contribution in [0.5, 0.6) is 5.75 Å². The van der Waals surface area contributed by atoms with Gasteiger partial charge in [0.05, 0.1) is 12.7 Å². The SMILES string of the molecule is OC(CCOc1ccc(Cl)c2ccccc12)c1cccc(Br)c1. The average molecular weight is 392 g/mol. The van der Waals surface area contributed by atoms with E-state index in [1.54, 1.807) is 0 Å². The highest BCUT2D eigenvalue weighted by molar-refractivity contribution is 9.10. The van der Waals surface area contributed by atoms with Gasteiger partial charge in [0.1, 0.15) is 5.75 Å². The molecule has 0 aliphatic carbocycles. The smallest absolute Gasteiger partial charge is 0.127 e. The lowest BCUT2D eigenvalue weighted by molar-refractivity contribution is 0.141. The molecule has 118 valence electrons. The van der Waals surface area contributed by atoms with Gasteiger partial charge >= 0.3 is 0 Å². The number of rotatable bonds is 5. The van der Waals surface area contributed by atoms with Gasteiger partial charge in [-0.15, -0.1) is 0 Å². The van der Waals surface area contributed by atoms with Crippen LogP contribution in [0.3, 0.4) is 0 Å². The maximum Gasteiger partial charge on any atom is 0.127 e. The first-order chi connectivity index (χ1) is 11.1. The molecule has 0 radical (unpaired) electrons. The second-order valence-electron chi connectivity index (χ2n) is 5.30. The number of hydrogen-bond acceptors (Lipinski definition) is 2. The van der Waals surface area contributed by atoms with Crippen LogP contribution in [0.15, 0.2) is 65.1 Å². The number of hydrogen-bond donors (Lipinski definition) is 1. The highest BCUT2D eigenvalue weighted by atomic mass is 79.9. The minimum Gasteiger partial charge on any atom is -0.493 e. The molecule has 0 heterocycles. The van der Waals surface area contributed by atoms with Crippen LogP contribution in [0.1, 0.15) is 18.1 Å². The molecule has 0 bridgehead atoms. The van der Waals surface area contributed by atoms with E-state index < -0.39 is 6.10 Å². The average Bonchev–Trinajstić information content (AvgIpc) is 2.57. The summed E-state index contributed by atoms with van der Waals surface area (Å²) in [5.41, 5.74) is 0.879. The van der Waals surface area contributed by atoms with Gasteiger partial charge in [0.2, 0.25) is 0 Å². The van der Waals surface area contributed by atoms with Crippen molar-refractivity contribution in [2.45, 2.75) is 12.5 Å². The van der Waals surface area contributed by atoms with Crippen molar-refractivity contribution in [2.75, 3.05) is 6.61 Å². The Balaban J connectivity index is 1.68. The van der Waals surface area contributed by atoms with E-state index in [0.717, 1.165) is 26.6 Å². The summed E-state index contributed by atoms with van der Waals surface area (Å²) >= 11 is 9.62. The number of halogens is 2. The van der Waals surface area contributed by atoms with E-state index in [2.05, 4.69) is 15.9 Å². The first-order valence-corrected chi connectivity index (χ1v) is 8.56. The molecule has 2 nitrogen and oxygen atoms in total. The third-order valence-corrected chi connectivity index (χ3v) is 4.54. The van der Waals surface area contributed by atoms with Crippen molar-refractivity contribution in [2.24, 2.45) is 0 Å². The van der Waals surface area contributed by atoms with Crippen LogP contribution >= 0.6 is 27.5 Å². The zero-order valence-corrected chi connectivity index (χ0v) is 14.7. The molecule has 0 fully saturated rings. The largest absolute Gasteiger partial charge is 0.493 e. The summed E-state index contributed by atoms with van der Waals surface area (Å²) in [5.74, 6) is 0.784. The fraction of sp³-hybridized carbons (Fsp3) is 0.158. The summed E-state index contributed by atoms with van der Waals surface area (Å²) in [6, 6.07) is 19.3. The van der Waals surface area contributed by atoms with Crippen LogP contribution in [0.2, 0.25) is 5.02 Å². The minimum atomic E-state index is -0.550. The second-order valence-corrected chi connectivity index (χ2v) is 6.62. The van der Waals surface area contributed by atoms with Gasteiger partial charge in [0.15, 0.2) is 0 Å². The number of ether oxygens (including phenoxy) is 1. The normalized spacial score (nSPS) is 12.3. The fourth-order valence-electron chi connectivity index (χ4n) is 2.52. The van der Waals surface area contributed by atoms with Crippen LogP contribution in [0.4, 0.5) is 0 Å². The lowest BCUT2D eigenvalue weighted by atomic mass is 10.1. The molecule has 23 heavy (non-hydrogen) atoms. The topological polar surface area (TPSA) is 29.5 Å². The molecule has 1 N–H and O–H groups in total. The third-order valence-electron chi connectivity index (χ3n) is 3.71. The Morgan fingerprint density at radius 1 is 1.00 bits per heavy atom. The van der Waals surface area contributed by atoms with Crippen molar-refractivity contribution in [3.63, 3.8) is 0 Å². The van der Waals surface area contributed by atoms with Crippen molar-refractivity contribution >= 4 is 38.3 Å². The summed E-state index contributed by atoms with van der Waals surface area (Å²) in [6.07, 6.45) is -0.0287. The van der Waals surface area contributed by atoms with Crippen molar-refractivity contribution in [3.05, 3.63) is 75.7 Å². The van der Waals surface area contributed by atoms with Crippen molar-refractivity contribution in [1.82, 2.24) is 0 Å². The van der Waals surface area contributed by atoms with Gasteiger partial charge in [-0.25, -0.2) is 0 Å². The summed E-state index contributed by atoms with van der Waals surface area (Å²) in [7, 11) is 0. The molecule has 4 heteroatoms. The van der Waals surface area contributed by atoms with Gasteiger partial charge in [-0.2, -0.15) is 0 Å². The number of aliphatic hydroxyl groups is 1. The van der Waals surface area contributed by atoms with Gasteiger partial charge in [0.25, 0.3) is 0 Å². The molecule has 0 saturated heterocycles. The van der Waals surface area contributed by atoms with Crippen LogP contribution in [-0.2, 0) is 0 Å². The maximum atomic E-state index is 10.3. The Morgan fingerprint density at radius 2 is 1.78 bits per heavy atom. The molecular formula is C19H16BrClO2. The van der Waals surface area contributed by atoms with Crippen molar-refractivity contribution in [3.8, 4) is 5.75 Å². The lowest BCUT2D eigenvalue weighted by Crippen LogP contribution is -2.05. The van der Waals surface area contributed by atoms with Crippen LogP contribution < -0.4 is 4.74 Å². The number of aliphatic hydroxyl groups excluding tert-OH is 1. The molecule has 0 saturated carbocycles. The molecule has 0 aliphatic heterocycles. The van der Waals surface area contributed by atoms with Gasteiger partial charge < -0.3 is 9.84 Å². The van der Waals surface area contributed by atoms with Crippen molar-refractivity contribution < 1.29 is 9.84 Å². The van der Waals surface area contributed by atoms with E-state index in [0.29, 0.717) is 18.1 Å². The van der Waals surface area contributed by atoms with Gasteiger partial charge in [-0.3, -0.25) is 0 Å². The van der Waals surface area contributed by atoms with Crippen molar-refractivity contribution in [1.29, 1.82) is 0 Å². The van der Waals surface area contributed by atoms with E-state index in [9.17, 15) is 5.11 Å². The zero-order chi connectivity index (χ0) is 16.2. The predicted octanol–water partition coefficient (Wildman–Crippen LogP) is 5.76. The molecule has 3 rings (SSSR count). The van der Waals surface area contributed by atoms with E-state index in [4.69, 9.17) is 16.3 Å². The highest BCUT2D eigenvalue weighted by Gasteiger charge is 2.10. The molecule has 3 aromatic rings. The Labute approximate surface area is 148 Å². The molecule has 0 aromatic heterocycles. The Morgan fingerprint density at radius 3 is 2.57 bits per heavy atom. The molecule has 0 spiro atoms. The van der Waals surface area contributed by atoms with E-state index >= 15 is 0 Å². The highest BCUT2D eigenvalue weighted by Crippen LogP contribution is 2.31. The molecule has 0 amide bonds. The minimum absolute atomic E-state index is 0.430. The zero-order valence-electron chi connectivity index (χ0n) is 12.4. The molecule has 1 atom stereocenters. The Kier molecular flexibility index (Phi) is 5.21. The standard InChI is InChI=1S/C19H16BrClO2/c20-14-5-3-4-13(12-14)18(22)10-11-23-19-9-8-17(21)15-6-1-2-7-16(15)19/h1-9,12,18,22H,10-11H2. The number of fused-ring (bicyclic) bond motifs is 1. The van der Waals surface area contributed by atoms with Crippen LogP contribution in [0.25, 0.3) is 10.8 Å². The summed E-state index contributed by atoms with van der Waals surface area (Å²) < 4.78 is 6.82. The number of benzene rings is 3. The van der Waals surface area contributed by atoms with Gasteiger partial charge in [-0.1, -0.05) is 63.9 Å².